The molecule has 32 nitrogen and oxygen atoms in total. The smallest absolute Gasteiger partial charge is 0.331 e. The maximum absolute atomic E-state index is 16.3. The summed E-state index contributed by atoms with van der Waals surface area (Å²) in [6, 6.07) is 3.11. The predicted molar refractivity (Wildman–Crippen MR) is 349 cm³/mol. The van der Waals surface area contributed by atoms with Crippen LogP contribution in [0.2, 0.25) is 0 Å². The number of carboxylic acid groups (broad SMARTS) is 1. The van der Waals surface area contributed by atoms with Crippen molar-refractivity contribution in [1.82, 2.24) is 0 Å². The Morgan fingerprint density at radius 3 is 1.76 bits per heavy atom. The zero-order valence-corrected chi connectivity index (χ0v) is 59.8. The summed E-state index contributed by atoms with van der Waals surface area (Å²) in [6.07, 6.45) is -37.8. The molecule has 5 aliphatic carbocycles. The first kappa shape index (κ1) is 79.6. The minimum Gasteiger partial charge on any atom is -0.493 e. The first-order valence-corrected chi connectivity index (χ1v) is 35.5. The average Bonchev–Trinajstić information content (AvgIpc) is 0.669. The van der Waals surface area contributed by atoms with Gasteiger partial charge in [0.05, 0.1) is 76.4 Å². The molecule has 582 valence electrons. The van der Waals surface area contributed by atoms with Crippen LogP contribution in [0.1, 0.15) is 119 Å². The molecule has 10 aliphatic rings. The molecule has 103 heavy (non-hydrogen) atoms. The van der Waals surface area contributed by atoms with Gasteiger partial charge in [-0.3, -0.25) is 9.59 Å². The lowest BCUT2D eigenvalue weighted by Gasteiger charge is -2.71. The Morgan fingerprint density at radius 2 is 1.14 bits per heavy atom. The number of hydrogen-bond acceptors (Lipinski definition) is 31. The number of fused-ring (bicyclic) bond motifs is 7. The van der Waals surface area contributed by atoms with Gasteiger partial charge in [0, 0.05) is 11.5 Å². The van der Waals surface area contributed by atoms with Gasteiger partial charge in [0.25, 0.3) is 0 Å². The molecule has 34 unspecified atom stereocenters. The number of aliphatic hydroxyl groups is 14. The lowest BCUT2D eigenvalue weighted by atomic mass is 9.33. The van der Waals surface area contributed by atoms with E-state index in [1.54, 1.807) is 12.1 Å². The molecule has 1 aromatic rings. The van der Waals surface area contributed by atoms with Crippen LogP contribution in [0, 0.1) is 50.2 Å². The number of allylic oxidation sites excluding steroid dienone is 1. The van der Waals surface area contributed by atoms with Gasteiger partial charge in [0.1, 0.15) is 91.6 Å². The number of carbonyl (C=O) groups excluding carboxylic acids is 2. The zero-order chi connectivity index (χ0) is 75.3. The average molecular weight is 1470 g/mol. The third kappa shape index (κ3) is 13.8. The summed E-state index contributed by atoms with van der Waals surface area (Å²) in [5, 5.41) is 168. The van der Waals surface area contributed by atoms with E-state index < -0.39 is 248 Å². The molecule has 0 radical (unpaired) electrons. The first-order chi connectivity index (χ1) is 48.5. The zero-order valence-electron chi connectivity index (χ0n) is 59.8. The van der Waals surface area contributed by atoms with Crippen LogP contribution in [0.25, 0.3) is 6.08 Å². The summed E-state index contributed by atoms with van der Waals surface area (Å²) in [7, 11) is 4.23. The van der Waals surface area contributed by atoms with Crippen molar-refractivity contribution >= 4 is 24.0 Å². The fraction of sp³-hybridized carbons (Fsp3) is 0.817. The Morgan fingerprint density at radius 1 is 0.563 bits per heavy atom. The fourth-order valence-corrected chi connectivity index (χ4v) is 19.5. The van der Waals surface area contributed by atoms with E-state index in [9.17, 15) is 86.2 Å². The molecule has 0 amide bonds. The van der Waals surface area contributed by atoms with Crippen LogP contribution in [0.5, 0.6) is 17.2 Å². The molecule has 9 fully saturated rings. The monoisotopic (exact) mass is 1470 g/mol. The van der Waals surface area contributed by atoms with E-state index in [0.717, 1.165) is 11.6 Å². The van der Waals surface area contributed by atoms with Gasteiger partial charge in [-0.15, -0.1) is 0 Å². The molecule has 0 aromatic heterocycles. The van der Waals surface area contributed by atoms with E-state index in [4.69, 9.17) is 66.3 Å². The highest BCUT2D eigenvalue weighted by Crippen LogP contribution is 2.76. The van der Waals surface area contributed by atoms with Gasteiger partial charge < -0.3 is 143 Å². The molecule has 32 heteroatoms. The minimum atomic E-state index is -2.11. The van der Waals surface area contributed by atoms with Crippen LogP contribution in [0.4, 0.5) is 0 Å². The minimum absolute atomic E-state index is 0.0152. The third-order valence-corrected chi connectivity index (χ3v) is 25.4. The quantitative estimate of drug-likeness (QED) is 0.0335. The third-order valence-electron chi connectivity index (χ3n) is 25.4. The number of hydrogen-bond donors (Lipinski definition) is 15. The second-order valence-corrected chi connectivity index (χ2v) is 31.6. The van der Waals surface area contributed by atoms with Gasteiger partial charge in [-0.1, -0.05) is 39.3 Å². The van der Waals surface area contributed by atoms with Crippen molar-refractivity contribution in [1.29, 1.82) is 0 Å². The van der Waals surface area contributed by atoms with Crippen molar-refractivity contribution in [2.75, 3.05) is 41.2 Å². The summed E-state index contributed by atoms with van der Waals surface area (Å²) in [5.74, 6) is -4.17. The van der Waals surface area contributed by atoms with Crippen molar-refractivity contribution in [3.63, 3.8) is 0 Å². The first-order valence-electron chi connectivity index (χ1n) is 35.5. The van der Waals surface area contributed by atoms with Crippen LogP contribution >= 0.6 is 0 Å². The van der Waals surface area contributed by atoms with E-state index in [1.165, 1.54) is 55.1 Å². The molecular formula is C71H106O32. The Balaban J connectivity index is 0.946. The number of benzene rings is 1. The Bertz CT molecular complexity index is 3220. The van der Waals surface area contributed by atoms with Crippen molar-refractivity contribution in [2.45, 2.75) is 273 Å². The van der Waals surface area contributed by atoms with E-state index >= 15 is 4.79 Å². The molecule has 4 saturated carbocycles. The molecule has 11 rings (SSSR count). The number of ether oxygens (including phenoxy) is 14. The van der Waals surface area contributed by atoms with Crippen molar-refractivity contribution < 1.29 is 157 Å². The number of esters is 2. The lowest BCUT2D eigenvalue weighted by molar-refractivity contribution is -0.390. The molecule has 5 saturated heterocycles. The van der Waals surface area contributed by atoms with Crippen LogP contribution in [-0.2, 0) is 66.5 Å². The molecule has 0 bridgehead atoms. The highest BCUT2D eigenvalue weighted by molar-refractivity contribution is 5.87. The topological polar surface area (TPSA) is 484 Å². The van der Waals surface area contributed by atoms with Gasteiger partial charge in [-0.25, -0.2) is 4.79 Å². The maximum Gasteiger partial charge on any atom is 0.331 e. The second kappa shape index (κ2) is 30.2. The number of methoxy groups -OCH3 is 3. The normalized spacial score (nSPS) is 48.2. The highest BCUT2D eigenvalue weighted by Gasteiger charge is 2.74. The molecule has 1 aromatic carbocycles. The van der Waals surface area contributed by atoms with E-state index in [1.807, 2.05) is 13.0 Å². The van der Waals surface area contributed by atoms with Crippen LogP contribution in [0.3, 0.4) is 0 Å². The molecular weight excluding hydrogens is 1360 g/mol. The number of carbonyl (C=O) groups is 3. The van der Waals surface area contributed by atoms with Crippen molar-refractivity contribution in [3.8, 4) is 17.2 Å². The van der Waals surface area contributed by atoms with Gasteiger partial charge in [0.15, 0.2) is 48.9 Å². The van der Waals surface area contributed by atoms with E-state index in [-0.39, 0.29) is 49.4 Å². The largest absolute Gasteiger partial charge is 0.493 e. The van der Waals surface area contributed by atoms with E-state index in [2.05, 4.69) is 20.8 Å². The fourth-order valence-electron chi connectivity index (χ4n) is 19.5. The lowest BCUT2D eigenvalue weighted by Crippen LogP contribution is -2.71. The highest BCUT2D eigenvalue weighted by atomic mass is 16.8. The Hall–Kier alpha value is -4.41. The van der Waals surface area contributed by atoms with Crippen LogP contribution < -0.4 is 14.2 Å². The summed E-state index contributed by atoms with van der Waals surface area (Å²) < 4.78 is 84.9. The number of carboxylic acids is 1. The van der Waals surface area contributed by atoms with E-state index in [0.29, 0.717) is 31.2 Å². The molecule has 5 aliphatic heterocycles. The van der Waals surface area contributed by atoms with Crippen molar-refractivity contribution in [3.05, 3.63) is 35.4 Å². The SMILES string of the molecule is COc1cc(/C=C/C(=O)OC2C(C)OC(OC(=O)C34CCC(C)(C)CC3C3=CCC5C6(C)CC(O)C(OC7OC(CO)C(O)C(O)C7O)C(C)(C(=O)O)C6CCC5(C)C3(CO)CC4)C(OC3OC(C)C(OC4OCC(O)C(O)C4O)C(O)C3O)C2OC2OC(C)C(O)C(O)C2O)cc(OC)c1OC. The van der Waals surface area contributed by atoms with Gasteiger partial charge in [0.2, 0.25) is 12.0 Å². The van der Waals surface area contributed by atoms with Gasteiger partial charge in [-0.2, -0.15) is 0 Å². The summed E-state index contributed by atoms with van der Waals surface area (Å²) >= 11 is 0. The summed E-state index contributed by atoms with van der Waals surface area (Å²) in [4.78, 5) is 44.7. The van der Waals surface area contributed by atoms with Gasteiger partial charge >= 0.3 is 17.9 Å². The number of aliphatic hydroxyl groups excluding tert-OH is 14. The van der Waals surface area contributed by atoms with Crippen molar-refractivity contribution in [2.24, 2.45) is 50.2 Å². The molecule has 15 N–H and O–H groups in total. The van der Waals surface area contributed by atoms with Gasteiger partial charge in [-0.05, 0) is 143 Å². The molecule has 0 spiro atoms. The Labute approximate surface area is 596 Å². The number of rotatable bonds is 19. The number of aliphatic carboxylic acids is 1. The summed E-state index contributed by atoms with van der Waals surface area (Å²) in [6.45, 7) is 12.3. The predicted octanol–water partition coefficient (Wildman–Crippen LogP) is -1.19. The standard InChI is InChI=1S/C71H106O32/c1-29-43(77)46(80)50(84)60(94-29)100-56-54(98-42(76)15-12-32-22-37(90-9)55(92-11)38(23-32)91-10)31(3)96-63(57(56)101-61-52(86)48(82)53(30(2)95-61)99-59-49(83)44(78)36(75)27-93-59)103-65(89)70-19-18-66(4,5)24-34(70)33-13-14-40-67(6)25-35(74)58(102-62-51(85)47(81)45(79)39(26-72)97-62)69(8,64(87)88)41(67)16-17-68(40,7)71(33,28-73)21-20-70/h12-13,15,22-23,29-31,34-36,39-41,43-54,56-63,72-75,77-86H,14,16-21,24-28H2,1-11H3,(H,87,88)/b15-12+. The second-order valence-electron chi connectivity index (χ2n) is 31.6. The molecule has 34 atom stereocenters. The molecule has 5 heterocycles. The maximum atomic E-state index is 16.3. The van der Waals surface area contributed by atoms with Crippen LogP contribution in [-0.4, -0.2) is 295 Å². The summed E-state index contributed by atoms with van der Waals surface area (Å²) in [5.41, 5.74) is -5.43. The van der Waals surface area contributed by atoms with Crippen LogP contribution in [0.15, 0.2) is 29.9 Å². The Kier molecular flexibility index (Phi) is 23.4.